The minimum atomic E-state index is -0.428. The number of benzene rings is 1. The molecule has 0 amide bonds. The molecule has 0 fully saturated rings. The summed E-state index contributed by atoms with van der Waals surface area (Å²) in [6.07, 6.45) is 3.41. The summed E-state index contributed by atoms with van der Waals surface area (Å²) in [6.45, 7) is 0. The number of hydrogen-bond donors (Lipinski definition) is 0. The quantitative estimate of drug-likeness (QED) is 0.672. The van der Waals surface area contributed by atoms with Crippen molar-refractivity contribution in [2.75, 3.05) is 7.11 Å². The van der Waals surface area contributed by atoms with Gasteiger partial charge in [0.15, 0.2) is 0 Å². The number of carbonyl (C=O) groups excluding carboxylic acids is 1. The molecule has 0 saturated heterocycles. The molecule has 0 aliphatic heterocycles. The molecule has 2 heterocycles. The van der Waals surface area contributed by atoms with Crippen LogP contribution in [-0.2, 0) is 4.74 Å². The predicted octanol–water partition coefficient (Wildman–Crippen LogP) is 2.93. The second-order valence-electron chi connectivity index (χ2n) is 4.28. The van der Waals surface area contributed by atoms with Gasteiger partial charge < -0.3 is 9.14 Å². The number of pyridine rings is 1. The minimum Gasteiger partial charge on any atom is -0.465 e. The minimum absolute atomic E-state index is 0.330. The van der Waals surface area contributed by atoms with Crippen molar-refractivity contribution in [3.8, 4) is 11.3 Å². The topological polar surface area (TPSA) is 43.6 Å². The zero-order chi connectivity index (χ0) is 14.1. The lowest BCUT2D eigenvalue weighted by atomic mass is 10.1. The van der Waals surface area contributed by atoms with Crippen molar-refractivity contribution in [3.63, 3.8) is 0 Å². The molecule has 4 nitrogen and oxygen atoms in total. The third-order valence-electron chi connectivity index (χ3n) is 3.03. The smallest absolute Gasteiger partial charge is 0.338 e. The standard InChI is InChI=1S/C15H11FN2O2/c1-20-15(19)10-6-7-18-9-13(17-14(18)8-10)11-4-2-3-5-12(11)16/h2-9H,1H3. The number of hydrogen-bond acceptors (Lipinski definition) is 3. The van der Waals surface area contributed by atoms with Crippen LogP contribution in [0.15, 0.2) is 48.8 Å². The number of nitrogens with zero attached hydrogens (tertiary/aromatic N) is 2. The molecule has 0 aliphatic rings. The molecule has 3 rings (SSSR count). The van der Waals surface area contributed by atoms with Gasteiger partial charge in [0.2, 0.25) is 0 Å². The first kappa shape index (κ1) is 12.3. The van der Waals surface area contributed by atoms with Gasteiger partial charge in [0.1, 0.15) is 11.5 Å². The largest absolute Gasteiger partial charge is 0.465 e. The van der Waals surface area contributed by atoms with Gasteiger partial charge in [0.05, 0.1) is 18.4 Å². The van der Waals surface area contributed by atoms with E-state index in [0.29, 0.717) is 22.5 Å². The van der Waals surface area contributed by atoms with Crippen molar-refractivity contribution in [2.24, 2.45) is 0 Å². The number of methoxy groups -OCH3 is 1. The molecule has 0 unspecified atom stereocenters. The molecule has 0 atom stereocenters. The van der Waals surface area contributed by atoms with E-state index in [4.69, 9.17) is 0 Å². The van der Waals surface area contributed by atoms with Gasteiger partial charge in [-0.3, -0.25) is 0 Å². The second-order valence-corrected chi connectivity index (χ2v) is 4.28. The zero-order valence-electron chi connectivity index (χ0n) is 10.7. The summed E-state index contributed by atoms with van der Waals surface area (Å²) in [7, 11) is 1.32. The molecule has 0 radical (unpaired) electrons. The maximum atomic E-state index is 13.7. The summed E-state index contributed by atoms with van der Waals surface area (Å²) in [5.41, 5.74) is 1.91. The van der Waals surface area contributed by atoms with Crippen LogP contribution in [0.5, 0.6) is 0 Å². The lowest BCUT2D eigenvalue weighted by molar-refractivity contribution is 0.0600. The van der Waals surface area contributed by atoms with Gasteiger partial charge in [0, 0.05) is 18.0 Å². The van der Waals surface area contributed by atoms with Crippen molar-refractivity contribution in [1.82, 2.24) is 9.38 Å². The van der Waals surface area contributed by atoms with E-state index in [2.05, 4.69) is 9.72 Å². The zero-order valence-corrected chi connectivity index (χ0v) is 10.7. The maximum absolute atomic E-state index is 13.7. The van der Waals surface area contributed by atoms with Gasteiger partial charge in [-0.05, 0) is 24.3 Å². The number of imidazole rings is 1. The highest BCUT2D eigenvalue weighted by Crippen LogP contribution is 2.22. The summed E-state index contributed by atoms with van der Waals surface area (Å²) in [5.74, 6) is -0.757. The molecule has 0 bridgehead atoms. The van der Waals surface area contributed by atoms with Crippen LogP contribution in [0.4, 0.5) is 4.39 Å². The van der Waals surface area contributed by atoms with E-state index < -0.39 is 5.97 Å². The number of fused-ring (bicyclic) bond motifs is 1. The van der Waals surface area contributed by atoms with E-state index in [9.17, 15) is 9.18 Å². The van der Waals surface area contributed by atoms with E-state index >= 15 is 0 Å². The number of esters is 1. The Balaban J connectivity index is 2.12. The van der Waals surface area contributed by atoms with Crippen molar-refractivity contribution in [1.29, 1.82) is 0 Å². The van der Waals surface area contributed by atoms with E-state index in [1.165, 1.54) is 13.2 Å². The van der Waals surface area contributed by atoms with Crippen LogP contribution in [0.3, 0.4) is 0 Å². The molecule has 20 heavy (non-hydrogen) atoms. The van der Waals surface area contributed by atoms with Gasteiger partial charge >= 0.3 is 5.97 Å². The maximum Gasteiger partial charge on any atom is 0.338 e. The fourth-order valence-electron chi connectivity index (χ4n) is 2.03. The van der Waals surface area contributed by atoms with Crippen LogP contribution >= 0.6 is 0 Å². The lowest BCUT2D eigenvalue weighted by Gasteiger charge is -1.98. The van der Waals surface area contributed by atoms with Crippen LogP contribution < -0.4 is 0 Å². The Labute approximate surface area is 114 Å². The summed E-state index contributed by atoms with van der Waals surface area (Å²) in [6, 6.07) is 9.67. The van der Waals surface area contributed by atoms with Gasteiger partial charge in [-0.15, -0.1) is 0 Å². The molecule has 3 aromatic rings. The Bertz CT molecular complexity index is 795. The highest BCUT2D eigenvalue weighted by molar-refractivity contribution is 5.90. The third kappa shape index (κ3) is 2.03. The fourth-order valence-corrected chi connectivity index (χ4v) is 2.03. The number of rotatable bonds is 2. The summed E-state index contributed by atoms with van der Waals surface area (Å²) >= 11 is 0. The van der Waals surface area contributed by atoms with E-state index in [-0.39, 0.29) is 5.82 Å². The van der Waals surface area contributed by atoms with Crippen LogP contribution in [0.25, 0.3) is 16.9 Å². The molecule has 1 aromatic carbocycles. The first-order valence-corrected chi connectivity index (χ1v) is 6.01. The molecule has 100 valence electrons. The first-order chi connectivity index (χ1) is 9.69. The first-order valence-electron chi connectivity index (χ1n) is 6.01. The Kier molecular flexibility index (Phi) is 2.95. The SMILES string of the molecule is COC(=O)c1ccn2cc(-c3ccccc3F)nc2c1. The van der Waals surface area contributed by atoms with Gasteiger partial charge in [-0.2, -0.15) is 0 Å². The van der Waals surface area contributed by atoms with Gasteiger partial charge in [-0.1, -0.05) is 12.1 Å². The summed E-state index contributed by atoms with van der Waals surface area (Å²) in [5, 5.41) is 0. The van der Waals surface area contributed by atoms with E-state index in [1.54, 1.807) is 47.1 Å². The van der Waals surface area contributed by atoms with Crippen LogP contribution in [0.1, 0.15) is 10.4 Å². The Morgan fingerprint density at radius 3 is 2.85 bits per heavy atom. The van der Waals surface area contributed by atoms with Crippen LogP contribution in [-0.4, -0.2) is 22.5 Å². The lowest BCUT2D eigenvalue weighted by Crippen LogP contribution is -2.01. The number of halogens is 1. The Morgan fingerprint density at radius 2 is 2.10 bits per heavy atom. The second kappa shape index (κ2) is 4.77. The Morgan fingerprint density at radius 1 is 1.30 bits per heavy atom. The molecule has 5 heteroatoms. The van der Waals surface area contributed by atoms with E-state index in [0.717, 1.165) is 0 Å². The van der Waals surface area contributed by atoms with Crippen molar-refractivity contribution < 1.29 is 13.9 Å². The number of aromatic nitrogens is 2. The Hall–Kier alpha value is -2.69. The molecule has 0 spiro atoms. The molecule has 2 aromatic heterocycles. The molecule has 0 N–H and O–H groups in total. The average molecular weight is 270 g/mol. The van der Waals surface area contributed by atoms with Crippen molar-refractivity contribution in [3.05, 3.63) is 60.2 Å². The number of ether oxygens (including phenoxy) is 1. The summed E-state index contributed by atoms with van der Waals surface area (Å²) < 4.78 is 20.1. The van der Waals surface area contributed by atoms with Crippen LogP contribution in [0, 0.1) is 5.82 Å². The fraction of sp³-hybridized carbons (Fsp3) is 0.0667. The monoisotopic (exact) mass is 270 g/mol. The highest BCUT2D eigenvalue weighted by atomic mass is 19.1. The van der Waals surface area contributed by atoms with Gasteiger partial charge in [0.25, 0.3) is 0 Å². The molecular formula is C15H11FN2O2. The average Bonchev–Trinajstić information content (AvgIpc) is 2.89. The third-order valence-corrected chi connectivity index (χ3v) is 3.03. The van der Waals surface area contributed by atoms with Crippen LogP contribution in [0.2, 0.25) is 0 Å². The molecule has 0 aliphatic carbocycles. The predicted molar refractivity (Wildman–Crippen MR) is 71.9 cm³/mol. The normalized spacial score (nSPS) is 10.7. The molecule has 0 saturated carbocycles. The van der Waals surface area contributed by atoms with Crippen molar-refractivity contribution in [2.45, 2.75) is 0 Å². The number of carbonyl (C=O) groups is 1. The summed E-state index contributed by atoms with van der Waals surface area (Å²) in [4.78, 5) is 15.8. The van der Waals surface area contributed by atoms with Crippen molar-refractivity contribution >= 4 is 11.6 Å². The van der Waals surface area contributed by atoms with E-state index in [1.807, 2.05) is 0 Å². The highest BCUT2D eigenvalue weighted by Gasteiger charge is 2.11. The molecular weight excluding hydrogens is 259 g/mol. The van der Waals surface area contributed by atoms with Gasteiger partial charge in [-0.25, -0.2) is 14.2 Å².